The first-order valence-electron chi connectivity index (χ1n) is 14.3. The van der Waals surface area contributed by atoms with Crippen molar-refractivity contribution in [2.24, 2.45) is 21.5 Å². The van der Waals surface area contributed by atoms with Gasteiger partial charge in [0.1, 0.15) is 0 Å². The van der Waals surface area contributed by atoms with E-state index in [-0.39, 0.29) is 56.9 Å². The zero-order chi connectivity index (χ0) is 32.9. The Balaban J connectivity index is 1.22. The van der Waals surface area contributed by atoms with Gasteiger partial charge in [0.25, 0.3) is 11.8 Å². The second kappa shape index (κ2) is 17.3. The highest BCUT2D eigenvalue weighted by atomic mass is 35.5. The summed E-state index contributed by atoms with van der Waals surface area (Å²) in [6.07, 6.45) is 4.63. The number of nitrogens with zero attached hydrogens (tertiary/aromatic N) is 8. The maximum atomic E-state index is 12.3. The summed E-state index contributed by atoms with van der Waals surface area (Å²) < 4.78 is 0. The fourth-order valence-corrected chi connectivity index (χ4v) is 4.61. The van der Waals surface area contributed by atoms with Crippen molar-refractivity contribution in [1.29, 1.82) is 0 Å². The van der Waals surface area contributed by atoms with Crippen molar-refractivity contribution in [2.45, 2.75) is 32.1 Å². The number of halogens is 2. The highest BCUT2D eigenvalue weighted by molar-refractivity contribution is 6.32. The fourth-order valence-electron chi connectivity index (χ4n) is 4.35. The number of anilines is 4. The SMILES string of the molecule is NC(=NCCCCCN1CCN(CCCCN=C(N)NC(=O)c2nc(Cl)c(N)nc2N)CC1)NC(=O)c1nc(Cl)c(N)nc1N. The van der Waals surface area contributed by atoms with Crippen LogP contribution in [-0.4, -0.2) is 106 Å². The van der Waals surface area contributed by atoms with Gasteiger partial charge in [0.2, 0.25) is 0 Å². The van der Waals surface area contributed by atoms with E-state index < -0.39 is 11.8 Å². The van der Waals surface area contributed by atoms with E-state index in [2.05, 4.69) is 50.4 Å². The van der Waals surface area contributed by atoms with Gasteiger partial charge in [-0.25, -0.2) is 19.9 Å². The number of aliphatic imine (C=N–C) groups is 2. The van der Waals surface area contributed by atoms with Gasteiger partial charge >= 0.3 is 0 Å². The van der Waals surface area contributed by atoms with Crippen molar-refractivity contribution in [3.05, 3.63) is 21.7 Å². The second-order valence-electron chi connectivity index (χ2n) is 10.2. The number of hydrogen-bond acceptors (Lipinski definition) is 14. The summed E-state index contributed by atoms with van der Waals surface area (Å²) in [5, 5.41) is 4.61. The van der Waals surface area contributed by atoms with Crippen molar-refractivity contribution in [1.82, 2.24) is 40.4 Å². The Morgan fingerprint density at radius 1 is 0.622 bits per heavy atom. The Bertz CT molecular complexity index is 1400. The number of guanidine groups is 2. The normalized spacial score (nSPS) is 14.8. The molecule has 1 aliphatic heterocycles. The molecule has 14 N–H and O–H groups in total. The Morgan fingerprint density at radius 2 is 1.00 bits per heavy atom. The van der Waals surface area contributed by atoms with Crippen molar-refractivity contribution >= 4 is 70.2 Å². The van der Waals surface area contributed by atoms with Gasteiger partial charge in [0, 0.05) is 39.3 Å². The minimum Gasteiger partial charge on any atom is -0.382 e. The monoisotopic (exact) mass is 666 g/mol. The van der Waals surface area contributed by atoms with Crippen LogP contribution in [0.5, 0.6) is 0 Å². The van der Waals surface area contributed by atoms with E-state index in [1.165, 1.54) is 0 Å². The number of carbonyl (C=O) groups is 2. The third kappa shape index (κ3) is 11.3. The molecule has 45 heavy (non-hydrogen) atoms. The Labute approximate surface area is 270 Å². The lowest BCUT2D eigenvalue weighted by atomic mass is 10.2. The summed E-state index contributed by atoms with van der Waals surface area (Å²) >= 11 is 11.6. The molecule has 0 aromatic carbocycles. The molecule has 3 heterocycles. The molecule has 1 saturated heterocycles. The largest absolute Gasteiger partial charge is 0.382 e. The molecule has 2 amide bonds. The van der Waals surface area contributed by atoms with Gasteiger partial charge < -0.3 is 44.2 Å². The molecule has 0 aliphatic carbocycles. The van der Waals surface area contributed by atoms with Gasteiger partial charge in [0.15, 0.2) is 56.9 Å². The predicted molar refractivity (Wildman–Crippen MR) is 176 cm³/mol. The smallest absolute Gasteiger partial charge is 0.280 e. The average molecular weight is 668 g/mol. The quantitative estimate of drug-likeness (QED) is 0.0742. The van der Waals surface area contributed by atoms with E-state index in [1.54, 1.807) is 0 Å². The van der Waals surface area contributed by atoms with E-state index in [1.807, 2.05) is 0 Å². The molecule has 0 bridgehead atoms. The molecule has 1 fully saturated rings. The second-order valence-corrected chi connectivity index (χ2v) is 10.9. The van der Waals surface area contributed by atoms with Gasteiger partial charge in [0.05, 0.1) is 0 Å². The molecule has 18 nitrogen and oxygen atoms in total. The number of aromatic nitrogens is 4. The minimum atomic E-state index is -0.663. The summed E-state index contributed by atoms with van der Waals surface area (Å²) in [6, 6.07) is 0. The van der Waals surface area contributed by atoms with Crippen LogP contribution >= 0.6 is 23.2 Å². The molecule has 0 atom stereocenters. The Kier molecular flexibility index (Phi) is 13.5. The maximum Gasteiger partial charge on any atom is 0.280 e. The van der Waals surface area contributed by atoms with Gasteiger partial charge in [-0.3, -0.25) is 30.2 Å². The summed E-state index contributed by atoms with van der Waals surface area (Å²) in [4.78, 5) is 53.1. The Morgan fingerprint density at radius 3 is 1.42 bits per heavy atom. The maximum absolute atomic E-state index is 12.3. The number of amides is 2. The molecule has 246 valence electrons. The summed E-state index contributed by atoms with van der Waals surface area (Å²) in [7, 11) is 0. The molecular weight excluding hydrogens is 627 g/mol. The van der Waals surface area contributed by atoms with Gasteiger partial charge in [-0.05, 0) is 38.8 Å². The van der Waals surface area contributed by atoms with Crippen LogP contribution in [0.15, 0.2) is 9.98 Å². The van der Waals surface area contributed by atoms with Crippen LogP contribution in [0.3, 0.4) is 0 Å². The number of nitrogen functional groups attached to an aromatic ring is 4. The van der Waals surface area contributed by atoms with Crippen molar-refractivity contribution < 1.29 is 9.59 Å². The van der Waals surface area contributed by atoms with Crippen LogP contribution in [-0.2, 0) is 0 Å². The molecule has 3 rings (SSSR count). The number of nitrogens with two attached hydrogens (primary N) is 6. The molecule has 0 saturated carbocycles. The van der Waals surface area contributed by atoms with Crippen LogP contribution in [0.25, 0.3) is 0 Å². The predicted octanol–water partition coefficient (Wildman–Crippen LogP) is -0.740. The molecule has 0 spiro atoms. The molecule has 2 aromatic heterocycles. The molecular formula is C25H40Cl2N16O2. The topological polar surface area (TPSA) is 297 Å². The number of nitrogens with one attached hydrogen (secondary N) is 2. The molecule has 20 heteroatoms. The molecule has 1 aliphatic rings. The summed E-state index contributed by atoms with van der Waals surface area (Å²) in [5.74, 6) is -1.82. The molecule has 2 aromatic rings. The van der Waals surface area contributed by atoms with Crippen molar-refractivity contribution in [3.63, 3.8) is 0 Å². The lowest BCUT2D eigenvalue weighted by Crippen LogP contribution is -2.46. The van der Waals surface area contributed by atoms with E-state index >= 15 is 0 Å². The third-order valence-corrected chi connectivity index (χ3v) is 7.32. The van der Waals surface area contributed by atoms with Crippen LogP contribution in [0.4, 0.5) is 23.3 Å². The van der Waals surface area contributed by atoms with E-state index in [9.17, 15) is 9.59 Å². The molecule has 0 unspecified atom stereocenters. The number of unbranched alkanes of at least 4 members (excludes halogenated alkanes) is 3. The van der Waals surface area contributed by atoms with Crippen molar-refractivity contribution in [3.8, 4) is 0 Å². The van der Waals surface area contributed by atoms with Crippen LogP contribution < -0.4 is 45.0 Å². The zero-order valence-corrected chi connectivity index (χ0v) is 26.3. The first-order valence-corrected chi connectivity index (χ1v) is 15.0. The zero-order valence-electron chi connectivity index (χ0n) is 24.8. The standard InChI is InChI=1S/C25H40Cl2N16O2/c26-16-20(30)38-18(28)14(36-16)22(44)40-24(32)34-6-2-1-4-8-42-10-12-43(13-11-42)9-5-3-7-35-25(33)41-23(45)15-19(29)39-21(31)17(27)37-15/h1-13H2,(H4,28,30,38)(H4,29,31,39)(H3,32,34,40,44)(H3,33,35,41,45). The van der Waals surface area contributed by atoms with E-state index in [0.717, 1.165) is 71.4 Å². The highest BCUT2D eigenvalue weighted by Crippen LogP contribution is 2.18. The summed E-state index contributed by atoms with van der Waals surface area (Å²) in [6.45, 7) is 6.95. The minimum absolute atomic E-state index is 0.0339. The van der Waals surface area contributed by atoms with Crippen LogP contribution in [0.1, 0.15) is 53.1 Å². The van der Waals surface area contributed by atoms with Gasteiger partial charge in [-0.15, -0.1) is 0 Å². The average Bonchev–Trinajstić information content (AvgIpc) is 2.99. The Hall–Kier alpha value is -4.26. The highest BCUT2D eigenvalue weighted by Gasteiger charge is 2.18. The first-order chi connectivity index (χ1) is 21.4. The van der Waals surface area contributed by atoms with Crippen LogP contribution in [0.2, 0.25) is 10.3 Å². The van der Waals surface area contributed by atoms with Crippen molar-refractivity contribution in [2.75, 3.05) is 75.3 Å². The number of piperazine rings is 1. The van der Waals surface area contributed by atoms with Gasteiger partial charge in [-0.1, -0.05) is 29.6 Å². The number of rotatable bonds is 13. The van der Waals surface area contributed by atoms with Crippen LogP contribution in [0, 0.1) is 0 Å². The van der Waals surface area contributed by atoms with Gasteiger partial charge in [-0.2, -0.15) is 0 Å². The fraction of sp³-hybridized carbons (Fsp3) is 0.520. The van der Waals surface area contributed by atoms with E-state index in [4.69, 9.17) is 57.6 Å². The first kappa shape index (κ1) is 35.2. The number of carbonyl (C=O) groups excluding carboxylic acids is 2. The number of hydrogen-bond donors (Lipinski definition) is 8. The molecule has 0 radical (unpaired) electrons. The lowest BCUT2D eigenvalue weighted by molar-refractivity contribution is 0.0964. The third-order valence-electron chi connectivity index (χ3n) is 6.77. The van der Waals surface area contributed by atoms with E-state index in [0.29, 0.717) is 13.1 Å². The summed E-state index contributed by atoms with van der Waals surface area (Å²) in [5.41, 5.74) is 33.7. The lowest BCUT2D eigenvalue weighted by Gasteiger charge is -2.34.